The second-order valence-electron chi connectivity index (χ2n) is 4.36. The van der Waals surface area contributed by atoms with E-state index in [4.69, 9.17) is 0 Å². The summed E-state index contributed by atoms with van der Waals surface area (Å²) in [5.41, 5.74) is 1.32. The van der Waals surface area contributed by atoms with E-state index in [9.17, 15) is 4.79 Å². The van der Waals surface area contributed by atoms with Crippen molar-refractivity contribution in [1.82, 2.24) is 0 Å². The maximum Gasteiger partial charge on any atom is 0.156 e. The number of rotatable bonds is 3. The molecule has 0 heterocycles. The summed E-state index contributed by atoms with van der Waals surface area (Å²) in [4.78, 5) is 12.6. The fourth-order valence-electron chi connectivity index (χ4n) is 1.91. The summed E-state index contributed by atoms with van der Waals surface area (Å²) >= 11 is 1.80. The first-order valence-corrected chi connectivity index (χ1v) is 6.63. The first kappa shape index (κ1) is 11.5. The minimum Gasteiger partial charge on any atom is -0.295 e. The molecule has 0 aliphatic heterocycles. The molecule has 84 valence electrons. The fourth-order valence-corrected chi connectivity index (χ4v) is 3.07. The van der Waals surface area contributed by atoms with Crippen LogP contribution in [-0.4, -0.2) is 5.78 Å². The molecule has 16 heavy (non-hydrogen) atoms. The molecular weight excluding hydrogens is 216 g/mol. The van der Waals surface area contributed by atoms with Gasteiger partial charge in [-0.3, -0.25) is 4.79 Å². The van der Waals surface area contributed by atoms with Crippen molar-refractivity contribution >= 4 is 17.5 Å². The van der Waals surface area contributed by atoms with Crippen molar-refractivity contribution < 1.29 is 4.79 Å². The van der Waals surface area contributed by atoms with Crippen molar-refractivity contribution in [3.05, 3.63) is 46.9 Å². The summed E-state index contributed by atoms with van der Waals surface area (Å²) in [6.45, 7) is 2.15. The lowest BCUT2D eigenvalue weighted by molar-refractivity contribution is -0.115. The highest BCUT2D eigenvalue weighted by atomic mass is 32.2. The Labute approximate surface area is 101 Å². The van der Waals surface area contributed by atoms with Gasteiger partial charge in [0.15, 0.2) is 5.78 Å². The molecule has 0 fully saturated rings. The molecule has 1 aliphatic carbocycles. The fraction of sp³-hybridized carbons (Fsp3) is 0.357. The number of thioether (sulfide) groups is 1. The monoisotopic (exact) mass is 232 g/mol. The Hall–Kier alpha value is -1.02. The topological polar surface area (TPSA) is 17.1 Å². The predicted molar refractivity (Wildman–Crippen MR) is 69.2 cm³/mol. The minimum atomic E-state index is 0.286. The highest BCUT2D eigenvalue weighted by molar-refractivity contribution is 8.02. The average Bonchev–Trinajstić information content (AvgIpc) is 2.27. The number of allylic oxidation sites excluding steroid dienone is 2. The number of ketones is 1. The molecule has 1 unspecified atom stereocenters. The Morgan fingerprint density at radius 1 is 1.25 bits per heavy atom. The second-order valence-corrected chi connectivity index (χ2v) is 5.47. The van der Waals surface area contributed by atoms with Crippen LogP contribution in [0.5, 0.6) is 0 Å². The molecule has 1 aliphatic rings. The van der Waals surface area contributed by atoms with Crippen LogP contribution in [0.25, 0.3) is 0 Å². The van der Waals surface area contributed by atoms with Crippen molar-refractivity contribution in [1.29, 1.82) is 0 Å². The molecule has 0 bridgehead atoms. The Morgan fingerprint density at radius 2 is 2.00 bits per heavy atom. The lowest BCUT2D eigenvalue weighted by Gasteiger charge is -2.17. The maximum absolute atomic E-state index is 11.4. The zero-order chi connectivity index (χ0) is 11.4. The van der Waals surface area contributed by atoms with E-state index in [-0.39, 0.29) is 5.78 Å². The first-order valence-electron chi connectivity index (χ1n) is 5.64. The van der Waals surface area contributed by atoms with Crippen molar-refractivity contribution in [2.45, 2.75) is 25.5 Å². The summed E-state index contributed by atoms with van der Waals surface area (Å²) in [5, 5.41) is 0. The molecule has 0 N–H and O–H groups in total. The molecule has 0 saturated heterocycles. The van der Waals surface area contributed by atoms with Gasteiger partial charge in [-0.15, -0.1) is 11.8 Å². The Bertz CT molecular complexity index is 394. The molecule has 1 aromatic rings. The lowest BCUT2D eigenvalue weighted by atomic mass is 9.95. The number of hydrogen-bond acceptors (Lipinski definition) is 2. The van der Waals surface area contributed by atoms with Gasteiger partial charge in [-0.05, 0) is 28.9 Å². The van der Waals surface area contributed by atoms with Crippen LogP contribution >= 0.6 is 11.8 Å². The number of benzene rings is 1. The predicted octanol–water partition coefficient (Wildman–Crippen LogP) is 3.80. The summed E-state index contributed by atoms with van der Waals surface area (Å²) in [5.74, 6) is 1.76. The van der Waals surface area contributed by atoms with Gasteiger partial charge in [-0.25, -0.2) is 0 Å². The van der Waals surface area contributed by atoms with Crippen LogP contribution in [0.2, 0.25) is 0 Å². The average molecular weight is 232 g/mol. The lowest BCUT2D eigenvalue weighted by Crippen LogP contribution is -2.09. The standard InChI is InChI=1S/C14H16OS/c1-11-7-13(15)9-14(8-11)16-10-12-5-3-2-4-6-12/h2-6,9,11H,7-8,10H2,1H3. The Balaban J connectivity index is 1.93. The Kier molecular flexibility index (Phi) is 3.83. The molecule has 0 radical (unpaired) electrons. The molecule has 0 saturated carbocycles. The van der Waals surface area contributed by atoms with Crippen LogP contribution in [-0.2, 0) is 10.5 Å². The number of carbonyl (C=O) groups excluding carboxylic acids is 1. The third kappa shape index (κ3) is 3.24. The van der Waals surface area contributed by atoms with Crippen LogP contribution in [0.15, 0.2) is 41.3 Å². The van der Waals surface area contributed by atoms with E-state index in [1.807, 2.05) is 12.1 Å². The van der Waals surface area contributed by atoms with Crippen molar-refractivity contribution in [3.63, 3.8) is 0 Å². The quantitative estimate of drug-likeness (QED) is 0.788. The number of carbonyl (C=O) groups is 1. The van der Waals surface area contributed by atoms with Gasteiger partial charge in [0.1, 0.15) is 0 Å². The van der Waals surface area contributed by atoms with Gasteiger partial charge in [0, 0.05) is 12.2 Å². The molecule has 1 atom stereocenters. The van der Waals surface area contributed by atoms with Gasteiger partial charge in [0.25, 0.3) is 0 Å². The molecule has 2 rings (SSSR count). The summed E-state index contributed by atoms with van der Waals surface area (Å²) in [6, 6.07) is 10.4. The van der Waals surface area contributed by atoms with E-state index >= 15 is 0 Å². The van der Waals surface area contributed by atoms with E-state index in [1.54, 1.807) is 11.8 Å². The molecule has 0 spiro atoms. The van der Waals surface area contributed by atoms with Crippen molar-refractivity contribution in [2.24, 2.45) is 5.92 Å². The van der Waals surface area contributed by atoms with Gasteiger partial charge in [-0.2, -0.15) is 0 Å². The molecule has 0 aromatic heterocycles. The molecule has 1 nitrogen and oxygen atoms in total. The molecule has 1 aromatic carbocycles. The van der Waals surface area contributed by atoms with Crippen LogP contribution < -0.4 is 0 Å². The molecule has 0 amide bonds. The van der Waals surface area contributed by atoms with Crippen molar-refractivity contribution in [3.8, 4) is 0 Å². The van der Waals surface area contributed by atoms with E-state index < -0.39 is 0 Å². The maximum atomic E-state index is 11.4. The largest absolute Gasteiger partial charge is 0.295 e. The van der Waals surface area contributed by atoms with Crippen LogP contribution in [0.1, 0.15) is 25.3 Å². The first-order chi connectivity index (χ1) is 7.74. The minimum absolute atomic E-state index is 0.286. The van der Waals surface area contributed by atoms with Gasteiger partial charge in [0.05, 0.1) is 0 Å². The second kappa shape index (κ2) is 5.35. The zero-order valence-electron chi connectivity index (χ0n) is 9.48. The normalized spacial score (nSPS) is 20.7. The summed E-state index contributed by atoms with van der Waals surface area (Å²) < 4.78 is 0. The van der Waals surface area contributed by atoms with Crippen LogP contribution in [0.3, 0.4) is 0 Å². The molecular formula is C14H16OS. The van der Waals surface area contributed by atoms with Crippen LogP contribution in [0.4, 0.5) is 0 Å². The van der Waals surface area contributed by atoms with E-state index in [2.05, 4.69) is 31.2 Å². The zero-order valence-corrected chi connectivity index (χ0v) is 10.3. The third-order valence-electron chi connectivity index (χ3n) is 2.69. The SMILES string of the molecule is CC1CC(=O)C=C(SCc2ccccc2)C1. The van der Waals surface area contributed by atoms with Gasteiger partial charge in [-0.1, -0.05) is 37.3 Å². The summed E-state index contributed by atoms with van der Waals surface area (Å²) in [6.07, 6.45) is 3.60. The third-order valence-corrected chi connectivity index (χ3v) is 3.82. The summed E-state index contributed by atoms with van der Waals surface area (Å²) in [7, 11) is 0. The van der Waals surface area contributed by atoms with E-state index in [0.717, 1.165) is 18.6 Å². The van der Waals surface area contributed by atoms with Crippen LogP contribution in [0, 0.1) is 5.92 Å². The van der Waals surface area contributed by atoms with Gasteiger partial charge >= 0.3 is 0 Å². The smallest absolute Gasteiger partial charge is 0.156 e. The van der Waals surface area contributed by atoms with Gasteiger partial charge < -0.3 is 0 Å². The Morgan fingerprint density at radius 3 is 2.69 bits per heavy atom. The molecule has 2 heteroatoms. The highest BCUT2D eigenvalue weighted by Crippen LogP contribution is 2.31. The van der Waals surface area contributed by atoms with Crippen molar-refractivity contribution in [2.75, 3.05) is 0 Å². The van der Waals surface area contributed by atoms with E-state index in [0.29, 0.717) is 5.92 Å². The number of hydrogen-bond donors (Lipinski definition) is 0. The van der Waals surface area contributed by atoms with Gasteiger partial charge in [0.2, 0.25) is 0 Å². The highest BCUT2D eigenvalue weighted by Gasteiger charge is 2.16. The van der Waals surface area contributed by atoms with E-state index in [1.165, 1.54) is 10.5 Å².